The van der Waals surface area contributed by atoms with Crippen LogP contribution in [0.4, 0.5) is 5.69 Å². The number of carbonyl (C=O) groups excluding carboxylic acids is 1. The molecular formula is C17H21N3O2. The number of aliphatic hydroxyl groups excluding tert-OH is 1. The number of rotatable bonds is 3. The highest BCUT2D eigenvalue weighted by Gasteiger charge is 2.37. The number of likely N-dealkylation sites (tertiary alicyclic amines) is 1. The van der Waals surface area contributed by atoms with Crippen molar-refractivity contribution < 1.29 is 9.90 Å². The van der Waals surface area contributed by atoms with Crippen molar-refractivity contribution in [1.82, 2.24) is 4.90 Å². The summed E-state index contributed by atoms with van der Waals surface area (Å²) in [6.07, 6.45) is 2.79. The molecule has 5 heteroatoms. The van der Waals surface area contributed by atoms with Crippen LogP contribution in [-0.4, -0.2) is 48.2 Å². The van der Waals surface area contributed by atoms with Crippen LogP contribution in [0.2, 0.25) is 0 Å². The minimum Gasteiger partial charge on any atom is -0.396 e. The zero-order valence-corrected chi connectivity index (χ0v) is 12.6. The molecule has 0 radical (unpaired) electrons. The Hall–Kier alpha value is -1.90. The van der Waals surface area contributed by atoms with Crippen molar-refractivity contribution in [3.8, 4) is 6.07 Å². The summed E-state index contributed by atoms with van der Waals surface area (Å²) < 4.78 is 0. The minimum atomic E-state index is -0.0321. The van der Waals surface area contributed by atoms with Gasteiger partial charge in [0.05, 0.1) is 17.7 Å². The topological polar surface area (TPSA) is 67.6 Å². The lowest BCUT2D eigenvalue weighted by atomic mass is 9.96. The van der Waals surface area contributed by atoms with Gasteiger partial charge in [0, 0.05) is 18.8 Å². The standard InChI is InChI=1S/C17H21N3O2/c18-11-13-1-3-15(4-2-13)20-10-7-16(17(20)22)19-8-5-14(12-21)6-9-19/h1-4,14,16,21H,5-10,12H2. The Morgan fingerprint density at radius 1 is 1.14 bits per heavy atom. The summed E-state index contributed by atoms with van der Waals surface area (Å²) in [4.78, 5) is 16.8. The summed E-state index contributed by atoms with van der Waals surface area (Å²) in [5.41, 5.74) is 1.48. The quantitative estimate of drug-likeness (QED) is 0.915. The molecule has 1 unspecified atom stereocenters. The molecule has 0 spiro atoms. The van der Waals surface area contributed by atoms with Crippen molar-refractivity contribution >= 4 is 11.6 Å². The molecule has 5 nitrogen and oxygen atoms in total. The number of anilines is 1. The minimum absolute atomic E-state index is 0.0321. The van der Waals surface area contributed by atoms with Crippen molar-refractivity contribution in [3.63, 3.8) is 0 Å². The molecule has 0 bridgehead atoms. The molecule has 116 valence electrons. The van der Waals surface area contributed by atoms with Crippen molar-refractivity contribution in [2.24, 2.45) is 5.92 Å². The van der Waals surface area contributed by atoms with E-state index in [1.165, 1.54) is 0 Å². The molecule has 2 heterocycles. The van der Waals surface area contributed by atoms with Gasteiger partial charge >= 0.3 is 0 Å². The predicted octanol–water partition coefficient (Wildman–Crippen LogP) is 1.37. The normalized spacial score (nSPS) is 23.7. The monoisotopic (exact) mass is 299 g/mol. The Morgan fingerprint density at radius 2 is 1.82 bits per heavy atom. The maximum absolute atomic E-state index is 12.7. The number of aliphatic hydroxyl groups is 1. The fourth-order valence-corrected chi connectivity index (χ4v) is 3.42. The third kappa shape index (κ3) is 2.85. The average molecular weight is 299 g/mol. The zero-order chi connectivity index (χ0) is 15.5. The number of hydrogen-bond acceptors (Lipinski definition) is 4. The maximum atomic E-state index is 12.7. The summed E-state index contributed by atoms with van der Waals surface area (Å²) in [6, 6.07) is 9.26. The van der Waals surface area contributed by atoms with Crippen LogP contribution in [-0.2, 0) is 4.79 Å². The van der Waals surface area contributed by atoms with E-state index in [1.54, 1.807) is 12.1 Å². The Balaban J connectivity index is 1.66. The molecular weight excluding hydrogens is 278 g/mol. The molecule has 1 amide bonds. The number of carbonyl (C=O) groups is 1. The molecule has 0 aliphatic carbocycles. The van der Waals surface area contributed by atoms with Crippen LogP contribution in [0.5, 0.6) is 0 Å². The van der Waals surface area contributed by atoms with Gasteiger partial charge < -0.3 is 10.0 Å². The van der Waals surface area contributed by atoms with Crippen molar-refractivity contribution in [1.29, 1.82) is 5.26 Å². The summed E-state index contributed by atoms with van der Waals surface area (Å²) in [7, 11) is 0. The van der Waals surface area contributed by atoms with E-state index in [-0.39, 0.29) is 18.6 Å². The van der Waals surface area contributed by atoms with E-state index in [9.17, 15) is 9.90 Å². The average Bonchev–Trinajstić information content (AvgIpc) is 2.96. The molecule has 0 aromatic heterocycles. The van der Waals surface area contributed by atoms with Gasteiger partial charge in [-0.1, -0.05) is 0 Å². The Bertz CT molecular complexity index is 571. The molecule has 1 aromatic rings. The molecule has 3 rings (SSSR count). The zero-order valence-electron chi connectivity index (χ0n) is 12.6. The summed E-state index contributed by atoms with van der Waals surface area (Å²) in [5, 5.41) is 18.1. The molecule has 1 atom stereocenters. The van der Waals surface area contributed by atoms with E-state index in [1.807, 2.05) is 17.0 Å². The van der Waals surface area contributed by atoms with Gasteiger partial charge in [0.1, 0.15) is 0 Å². The highest BCUT2D eigenvalue weighted by molar-refractivity contribution is 5.99. The van der Waals surface area contributed by atoms with Crippen molar-refractivity contribution in [3.05, 3.63) is 29.8 Å². The first-order valence-corrected chi connectivity index (χ1v) is 7.89. The highest BCUT2D eigenvalue weighted by atomic mass is 16.3. The number of nitriles is 1. The Morgan fingerprint density at radius 3 is 2.41 bits per heavy atom. The number of amides is 1. The van der Waals surface area contributed by atoms with Crippen LogP contribution in [0, 0.1) is 17.2 Å². The van der Waals surface area contributed by atoms with Crippen LogP contribution < -0.4 is 4.90 Å². The van der Waals surface area contributed by atoms with Gasteiger partial charge in [-0.15, -0.1) is 0 Å². The molecule has 1 N–H and O–H groups in total. The van der Waals surface area contributed by atoms with E-state index in [2.05, 4.69) is 11.0 Å². The summed E-state index contributed by atoms with van der Waals surface area (Å²) >= 11 is 0. The van der Waals surface area contributed by atoms with Crippen LogP contribution in [0.3, 0.4) is 0 Å². The Kier molecular flexibility index (Phi) is 4.41. The van der Waals surface area contributed by atoms with Gasteiger partial charge in [0.15, 0.2) is 0 Å². The lowest BCUT2D eigenvalue weighted by molar-refractivity contribution is -0.122. The fraction of sp³-hybridized carbons (Fsp3) is 0.529. The first-order chi connectivity index (χ1) is 10.7. The maximum Gasteiger partial charge on any atom is 0.244 e. The SMILES string of the molecule is N#Cc1ccc(N2CCC(N3CCC(CO)CC3)C2=O)cc1. The molecule has 2 aliphatic rings. The van der Waals surface area contributed by atoms with Gasteiger partial charge in [-0.2, -0.15) is 5.26 Å². The third-order valence-corrected chi connectivity index (χ3v) is 4.83. The van der Waals surface area contributed by atoms with Gasteiger partial charge in [-0.25, -0.2) is 0 Å². The van der Waals surface area contributed by atoms with E-state index in [0.717, 1.165) is 44.6 Å². The second-order valence-corrected chi connectivity index (χ2v) is 6.11. The predicted molar refractivity (Wildman–Crippen MR) is 83.3 cm³/mol. The first kappa shape index (κ1) is 15.0. The molecule has 2 saturated heterocycles. The van der Waals surface area contributed by atoms with Crippen LogP contribution >= 0.6 is 0 Å². The summed E-state index contributed by atoms with van der Waals surface area (Å²) in [5.74, 6) is 0.551. The third-order valence-electron chi connectivity index (χ3n) is 4.83. The van der Waals surface area contributed by atoms with E-state index < -0.39 is 0 Å². The van der Waals surface area contributed by atoms with Gasteiger partial charge in [0.2, 0.25) is 5.91 Å². The van der Waals surface area contributed by atoms with Crippen molar-refractivity contribution in [2.45, 2.75) is 25.3 Å². The van der Waals surface area contributed by atoms with Crippen molar-refractivity contribution in [2.75, 3.05) is 31.1 Å². The van der Waals surface area contributed by atoms with E-state index in [4.69, 9.17) is 5.26 Å². The number of nitrogens with zero attached hydrogens (tertiary/aromatic N) is 3. The molecule has 22 heavy (non-hydrogen) atoms. The number of piperidine rings is 1. The van der Waals surface area contributed by atoms with Crippen LogP contribution in [0.25, 0.3) is 0 Å². The molecule has 2 aliphatic heterocycles. The van der Waals surface area contributed by atoms with Gasteiger partial charge in [-0.05, 0) is 62.5 Å². The first-order valence-electron chi connectivity index (χ1n) is 7.89. The smallest absolute Gasteiger partial charge is 0.244 e. The van der Waals surface area contributed by atoms with Crippen LogP contribution in [0.15, 0.2) is 24.3 Å². The van der Waals surface area contributed by atoms with E-state index in [0.29, 0.717) is 11.5 Å². The van der Waals surface area contributed by atoms with Crippen LogP contribution in [0.1, 0.15) is 24.8 Å². The van der Waals surface area contributed by atoms with Gasteiger partial charge in [0.25, 0.3) is 0 Å². The molecule has 0 saturated carbocycles. The second kappa shape index (κ2) is 6.47. The number of hydrogen-bond donors (Lipinski definition) is 1. The molecule has 2 fully saturated rings. The fourth-order valence-electron chi connectivity index (χ4n) is 3.42. The highest BCUT2D eigenvalue weighted by Crippen LogP contribution is 2.27. The lowest BCUT2D eigenvalue weighted by Gasteiger charge is -2.34. The van der Waals surface area contributed by atoms with E-state index >= 15 is 0 Å². The largest absolute Gasteiger partial charge is 0.396 e. The lowest BCUT2D eigenvalue weighted by Crippen LogP contribution is -2.46. The summed E-state index contributed by atoms with van der Waals surface area (Å²) in [6.45, 7) is 2.77. The second-order valence-electron chi connectivity index (χ2n) is 6.11. The van der Waals surface area contributed by atoms with Gasteiger partial charge in [-0.3, -0.25) is 9.69 Å². The number of benzene rings is 1. The molecule has 1 aromatic carbocycles. The Labute approximate surface area is 130 Å².